The van der Waals surface area contributed by atoms with Crippen LogP contribution in [0, 0.1) is 11.3 Å². The van der Waals surface area contributed by atoms with E-state index in [-0.39, 0.29) is 12.5 Å². The van der Waals surface area contributed by atoms with Gasteiger partial charge in [-0.25, -0.2) is 9.97 Å². The van der Waals surface area contributed by atoms with E-state index >= 15 is 0 Å². The molecule has 3 unspecified atom stereocenters. The Bertz CT molecular complexity index is 1150. The molecule has 5 rings (SSSR count). The number of aromatic nitrogens is 3. The Hall–Kier alpha value is -2.80. The number of nitriles is 1. The standard InChI is InChI=1S/C24H29N7OS/c1-15(14-32)21-13-27-24(33-21)30-22-12-20-19(4-2-8-26-20)23(29-22)28-16-10-17-5-6-18(11-16)31(17)9-3-7-25/h2,4,8,12-13,15-18,32H,3,5-6,9-11,14H2,1H3,(H2,27,28,29,30). The van der Waals surface area contributed by atoms with Crippen LogP contribution in [0.2, 0.25) is 0 Å². The van der Waals surface area contributed by atoms with Gasteiger partial charge in [-0.3, -0.25) is 9.88 Å². The van der Waals surface area contributed by atoms with Gasteiger partial charge in [-0.15, -0.1) is 11.3 Å². The molecule has 2 aliphatic rings. The monoisotopic (exact) mass is 463 g/mol. The van der Waals surface area contributed by atoms with Crippen LogP contribution < -0.4 is 10.6 Å². The highest BCUT2D eigenvalue weighted by atomic mass is 32.1. The summed E-state index contributed by atoms with van der Waals surface area (Å²) in [6, 6.07) is 9.69. The Balaban J connectivity index is 1.36. The Morgan fingerprint density at radius 3 is 2.88 bits per heavy atom. The molecule has 3 aromatic heterocycles. The van der Waals surface area contributed by atoms with Crippen LogP contribution in [0.1, 0.15) is 49.8 Å². The number of rotatable bonds is 8. The van der Waals surface area contributed by atoms with Crippen molar-refractivity contribution >= 4 is 39.0 Å². The number of pyridine rings is 2. The Morgan fingerprint density at radius 2 is 2.12 bits per heavy atom. The summed E-state index contributed by atoms with van der Waals surface area (Å²) >= 11 is 1.53. The molecule has 0 amide bonds. The zero-order valence-corrected chi connectivity index (χ0v) is 19.6. The number of fused-ring (bicyclic) bond motifs is 3. The number of hydrogen-bond donors (Lipinski definition) is 3. The normalized spacial score (nSPS) is 23.4. The Morgan fingerprint density at radius 1 is 1.30 bits per heavy atom. The van der Waals surface area contributed by atoms with Crippen molar-refractivity contribution in [3.63, 3.8) is 0 Å². The fraction of sp³-hybridized carbons (Fsp3) is 0.500. The molecule has 8 nitrogen and oxygen atoms in total. The lowest BCUT2D eigenvalue weighted by molar-refractivity contribution is 0.136. The van der Waals surface area contributed by atoms with Crippen molar-refractivity contribution in [3.05, 3.63) is 35.5 Å². The molecule has 2 saturated heterocycles. The van der Waals surface area contributed by atoms with Gasteiger partial charge in [-0.2, -0.15) is 5.26 Å². The minimum atomic E-state index is 0.0657. The number of nitrogens with one attached hydrogen (secondary N) is 2. The maximum atomic E-state index is 9.41. The summed E-state index contributed by atoms with van der Waals surface area (Å²) in [5.74, 6) is 1.62. The third kappa shape index (κ3) is 4.64. The zero-order chi connectivity index (χ0) is 22.8. The van der Waals surface area contributed by atoms with E-state index in [1.165, 1.54) is 24.2 Å². The largest absolute Gasteiger partial charge is 0.396 e. The van der Waals surface area contributed by atoms with Gasteiger partial charge in [0, 0.05) is 65.7 Å². The second-order valence-corrected chi connectivity index (χ2v) is 10.1. The van der Waals surface area contributed by atoms with Gasteiger partial charge in [-0.05, 0) is 37.8 Å². The molecule has 2 fully saturated rings. The van der Waals surface area contributed by atoms with Crippen molar-refractivity contribution in [2.45, 2.75) is 63.1 Å². The number of aliphatic hydroxyl groups excluding tert-OH is 1. The van der Waals surface area contributed by atoms with Crippen molar-refractivity contribution in [2.75, 3.05) is 23.8 Å². The molecule has 0 saturated carbocycles. The van der Waals surface area contributed by atoms with Gasteiger partial charge in [0.05, 0.1) is 18.2 Å². The van der Waals surface area contributed by atoms with E-state index in [0.717, 1.165) is 46.1 Å². The predicted molar refractivity (Wildman–Crippen MR) is 131 cm³/mol. The number of thiazole rings is 1. The third-order valence-electron chi connectivity index (χ3n) is 6.82. The lowest BCUT2D eigenvalue weighted by Gasteiger charge is -2.39. The average molecular weight is 464 g/mol. The summed E-state index contributed by atoms with van der Waals surface area (Å²) < 4.78 is 0. The maximum absolute atomic E-state index is 9.41. The first-order valence-electron chi connectivity index (χ1n) is 11.6. The van der Waals surface area contributed by atoms with Crippen molar-refractivity contribution in [3.8, 4) is 6.07 Å². The van der Waals surface area contributed by atoms with Crippen molar-refractivity contribution in [1.29, 1.82) is 5.26 Å². The highest BCUT2D eigenvalue weighted by Crippen LogP contribution is 2.37. The summed E-state index contributed by atoms with van der Waals surface area (Å²) in [6.45, 7) is 2.97. The highest BCUT2D eigenvalue weighted by Gasteiger charge is 2.40. The summed E-state index contributed by atoms with van der Waals surface area (Å²) in [7, 11) is 0. The molecule has 3 atom stereocenters. The molecule has 33 heavy (non-hydrogen) atoms. The topological polar surface area (TPSA) is 110 Å². The van der Waals surface area contributed by atoms with Gasteiger partial charge in [-0.1, -0.05) is 6.92 Å². The number of nitrogens with zero attached hydrogens (tertiary/aromatic N) is 5. The second kappa shape index (κ2) is 9.59. The van der Waals surface area contributed by atoms with Crippen LogP contribution in [0.15, 0.2) is 30.6 Å². The van der Waals surface area contributed by atoms with Gasteiger partial charge >= 0.3 is 0 Å². The summed E-state index contributed by atoms with van der Waals surface area (Å²) in [6.07, 6.45) is 8.77. The summed E-state index contributed by atoms with van der Waals surface area (Å²) in [4.78, 5) is 17.5. The lowest BCUT2D eigenvalue weighted by atomic mass is 9.97. The van der Waals surface area contributed by atoms with E-state index < -0.39 is 0 Å². The molecule has 5 heterocycles. The molecule has 0 aliphatic carbocycles. The molecule has 172 valence electrons. The Labute approximate surface area is 197 Å². The minimum absolute atomic E-state index is 0.0657. The summed E-state index contributed by atoms with van der Waals surface area (Å²) in [5.41, 5.74) is 0.882. The third-order valence-corrected chi connectivity index (χ3v) is 7.97. The number of piperidine rings is 1. The van der Waals surface area contributed by atoms with E-state index in [9.17, 15) is 5.11 Å². The van der Waals surface area contributed by atoms with Crippen molar-refractivity contribution in [2.24, 2.45) is 0 Å². The average Bonchev–Trinajstić information content (AvgIpc) is 3.38. The van der Waals surface area contributed by atoms with Gasteiger partial charge < -0.3 is 15.7 Å². The van der Waals surface area contributed by atoms with Crippen LogP contribution in [-0.4, -0.2) is 56.2 Å². The molecule has 0 aromatic carbocycles. The van der Waals surface area contributed by atoms with Gasteiger partial charge in [0.25, 0.3) is 0 Å². The van der Waals surface area contributed by atoms with Crippen molar-refractivity contribution < 1.29 is 5.11 Å². The number of aliphatic hydroxyl groups is 1. The van der Waals surface area contributed by atoms with Crippen LogP contribution in [0.5, 0.6) is 0 Å². The molecule has 0 spiro atoms. The Kier molecular flexibility index (Phi) is 6.40. The van der Waals surface area contributed by atoms with Crippen LogP contribution in [0.25, 0.3) is 10.9 Å². The van der Waals surface area contributed by atoms with E-state index in [1.807, 2.05) is 25.3 Å². The molecule has 2 bridgehead atoms. The van der Waals surface area contributed by atoms with Crippen LogP contribution in [-0.2, 0) is 0 Å². The molecular weight excluding hydrogens is 434 g/mol. The first-order valence-corrected chi connectivity index (χ1v) is 12.4. The van der Waals surface area contributed by atoms with Crippen LogP contribution >= 0.6 is 11.3 Å². The fourth-order valence-electron chi connectivity index (χ4n) is 5.15. The van der Waals surface area contributed by atoms with E-state index in [2.05, 4.69) is 37.6 Å². The van der Waals surface area contributed by atoms with Gasteiger partial charge in [0.2, 0.25) is 0 Å². The highest BCUT2D eigenvalue weighted by molar-refractivity contribution is 7.15. The molecule has 3 aromatic rings. The van der Waals surface area contributed by atoms with Crippen LogP contribution in [0.3, 0.4) is 0 Å². The predicted octanol–water partition coefficient (Wildman–Crippen LogP) is 4.25. The smallest absolute Gasteiger partial charge is 0.188 e. The van der Waals surface area contributed by atoms with Crippen molar-refractivity contribution in [1.82, 2.24) is 19.9 Å². The zero-order valence-electron chi connectivity index (χ0n) is 18.7. The molecular formula is C24H29N7OS. The van der Waals surface area contributed by atoms with Crippen LogP contribution in [0.4, 0.5) is 16.8 Å². The van der Waals surface area contributed by atoms with E-state index in [1.54, 1.807) is 6.20 Å². The fourth-order valence-corrected chi connectivity index (χ4v) is 6.02. The van der Waals surface area contributed by atoms with E-state index in [0.29, 0.717) is 30.4 Å². The first-order chi connectivity index (χ1) is 16.1. The second-order valence-electron chi connectivity index (χ2n) is 9.05. The molecule has 3 N–H and O–H groups in total. The van der Waals surface area contributed by atoms with Gasteiger partial charge in [0.1, 0.15) is 11.6 Å². The summed E-state index contributed by atoms with van der Waals surface area (Å²) in [5, 5.41) is 27.2. The van der Waals surface area contributed by atoms with Gasteiger partial charge in [0.15, 0.2) is 5.13 Å². The first kappa shape index (κ1) is 22.0. The maximum Gasteiger partial charge on any atom is 0.188 e. The number of anilines is 3. The molecule has 9 heteroatoms. The molecule has 0 radical (unpaired) electrons. The molecule has 2 aliphatic heterocycles. The lowest BCUT2D eigenvalue weighted by Crippen LogP contribution is -2.47. The quantitative estimate of drug-likeness (QED) is 0.455. The van der Waals surface area contributed by atoms with E-state index in [4.69, 9.17) is 10.2 Å². The number of hydrogen-bond acceptors (Lipinski definition) is 9. The minimum Gasteiger partial charge on any atom is -0.396 e. The SMILES string of the molecule is CC(CO)c1cnc(Nc2cc3ncccc3c(NC3CC4CCC(C3)N4CCC#N)n2)s1.